The summed E-state index contributed by atoms with van der Waals surface area (Å²) in [6.45, 7) is 2.06. The van der Waals surface area contributed by atoms with Crippen LogP contribution in [0.4, 0.5) is 15.8 Å². The van der Waals surface area contributed by atoms with Crippen LogP contribution in [0, 0.1) is 15.9 Å². The summed E-state index contributed by atoms with van der Waals surface area (Å²) in [5.41, 5.74) is 0.729. The van der Waals surface area contributed by atoms with Crippen molar-refractivity contribution < 1.29 is 14.1 Å². The lowest BCUT2D eigenvalue weighted by atomic mass is 10.1. The molecule has 0 fully saturated rings. The quantitative estimate of drug-likeness (QED) is 0.651. The van der Waals surface area contributed by atoms with E-state index in [1.807, 2.05) is 0 Å². The molecule has 1 unspecified atom stereocenters. The Kier molecular flexibility index (Phi) is 5.59. The Labute approximate surface area is 139 Å². The van der Waals surface area contributed by atoms with Crippen LogP contribution >= 0.6 is 0 Å². The minimum Gasteiger partial charge on any atom is -0.319 e. The fourth-order valence-electron chi connectivity index (χ4n) is 2.24. The van der Waals surface area contributed by atoms with Gasteiger partial charge >= 0.3 is 0 Å². The predicted molar refractivity (Wildman–Crippen MR) is 89.1 cm³/mol. The Balaban J connectivity index is 2.05. The molecule has 1 atom stereocenters. The highest BCUT2D eigenvalue weighted by molar-refractivity contribution is 5.96. The van der Waals surface area contributed by atoms with Crippen molar-refractivity contribution in [3.8, 4) is 0 Å². The van der Waals surface area contributed by atoms with Gasteiger partial charge in [0.2, 0.25) is 5.91 Å². The minimum atomic E-state index is -0.548. The van der Waals surface area contributed by atoms with E-state index >= 15 is 0 Å². The third-order valence-electron chi connectivity index (χ3n) is 3.72. The molecule has 0 radical (unpaired) electrons. The third kappa shape index (κ3) is 4.36. The number of halogens is 1. The molecular weight excluding hydrogens is 313 g/mol. The molecule has 1 N–H and O–H groups in total. The maximum Gasteiger partial charge on any atom is 0.292 e. The van der Waals surface area contributed by atoms with Crippen molar-refractivity contribution in [3.05, 3.63) is 70.0 Å². The van der Waals surface area contributed by atoms with Gasteiger partial charge in [0, 0.05) is 12.6 Å². The second kappa shape index (κ2) is 7.65. The van der Waals surface area contributed by atoms with Gasteiger partial charge in [0.25, 0.3) is 5.69 Å². The van der Waals surface area contributed by atoms with Crippen LogP contribution in [0.25, 0.3) is 0 Å². The van der Waals surface area contributed by atoms with Crippen LogP contribution in [0.1, 0.15) is 12.5 Å². The largest absolute Gasteiger partial charge is 0.319 e. The topological polar surface area (TPSA) is 75.5 Å². The summed E-state index contributed by atoms with van der Waals surface area (Å²) in [6.07, 6.45) is 0. The van der Waals surface area contributed by atoms with Crippen molar-refractivity contribution in [2.75, 3.05) is 12.4 Å². The molecule has 2 aromatic carbocycles. The average Bonchev–Trinajstić information content (AvgIpc) is 2.54. The molecular formula is C17H18FN3O3. The van der Waals surface area contributed by atoms with Gasteiger partial charge in [0.1, 0.15) is 11.5 Å². The summed E-state index contributed by atoms with van der Waals surface area (Å²) in [7, 11) is 1.73. The second-order valence-corrected chi connectivity index (χ2v) is 5.48. The van der Waals surface area contributed by atoms with Crippen LogP contribution in [0.5, 0.6) is 0 Å². The van der Waals surface area contributed by atoms with Crippen molar-refractivity contribution >= 4 is 17.3 Å². The number of amides is 1. The Morgan fingerprint density at radius 2 is 2.00 bits per heavy atom. The zero-order valence-electron chi connectivity index (χ0n) is 13.4. The summed E-state index contributed by atoms with van der Waals surface area (Å²) >= 11 is 0. The lowest BCUT2D eigenvalue weighted by Crippen LogP contribution is -2.39. The van der Waals surface area contributed by atoms with E-state index < -0.39 is 11.0 Å². The standard InChI is InChI=1S/C17H18FN3O3/c1-12(20(2)11-13-6-5-7-14(18)10-13)17(22)19-15-8-3-4-9-16(15)21(23)24/h3-10,12H,11H2,1-2H3,(H,19,22). The van der Waals surface area contributed by atoms with Crippen molar-refractivity contribution in [3.63, 3.8) is 0 Å². The van der Waals surface area contributed by atoms with Gasteiger partial charge in [-0.3, -0.25) is 19.8 Å². The highest BCUT2D eigenvalue weighted by Crippen LogP contribution is 2.23. The van der Waals surface area contributed by atoms with E-state index in [-0.39, 0.29) is 23.1 Å². The number of hydrogen-bond acceptors (Lipinski definition) is 4. The molecule has 2 aromatic rings. The molecule has 0 heterocycles. The zero-order chi connectivity index (χ0) is 17.7. The van der Waals surface area contributed by atoms with Crippen LogP contribution in [0.15, 0.2) is 48.5 Å². The molecule has 6 nitrogen and oxygen atoms in total. The lowest BCUT2D eigenvalue weighted by Gasteiger charge is -2.24. The smallest absolute Gasteiger partial charge is 0.292 e. The van der Waals surface area contributed by atoms with Crippen LogP contribution in [0.2, 0.25) is 0 Å². The number of benzene rings is 2. The van der Waals surface area contributed by atoms with E-state index in [9.17, 15) is 19.3 Å². The number of carbonyl (C=O) groups is 1. The first-order valence-electron chi connectivity index (χ1n) is 7.37. The summed E-state index contributed by atoms with van der Waals surface area (Å²) in [4.78, 5) is 24.5. The molecule has 0 aliphatic carbocycles. The van der Waals surface area contributed by atoms with Crippen molar-refractivity contribution in [1.29, 1.82) is 0 Å². The van der Waals surface area contributed by atoms with Gasteiger partial charge in [-0.2, -0.15) is 0 Å². The van der Waals surface area contributed by atoms with Crippen LogP contribution in [0.3, 0.4) is 0 Å². The number of carbonyl (C=O) groups excluding carboxylic acids is 1. The first-order chi connectivity index (χ1) is 11.4. The van der Waals surface area contributed by atoms with Gasteiger partial charge in [0.15, 0.2) is 0 Å². The van der Waals surface area contributed by atoms with Crippen molar-refractivity contribution in [2.24, 2.45) is 0 Å². The number of likely N-dealkylation sites (N-methyl/N-ethyl adjacent to an activating group) is 1. The number of nitrogens with zero attached hydrogens (tertiary/aromatic N) is 2. The first kappa shape index (κ1) is 17.6. The van der Waals surface area contributed by atoms with Crippen LogP contribution < -0.4 is 5.32 Å². The van der Waals surface area contributed by atoms with Gasteiger partial charge in [-0.05, 0) is 37.7 Å². The number of rotatable bonds is 6. The summed E-state index contributed by atoms with van der Waals surface area (Å²) in [5.74, 6) is -0.707. The molecule has 7 heteroatoms. The number of nitrogens with one attached hydrogen (secondary N) is 1. The van der Waals surface area contributed by atoms with Crippen molar-refractivity contribution in [2.45, 2.75) is 19.5 Å². The molecule has 0 aliphatic rings. The van der Waals surface area contributed by atoms with Gasteiger partial charge in [0.05, 0.1) is 11.0 Å². The summed E-state index contributed by atoms with van der Waals surface area (Å²) in [6, 6.07) is 11.6. The number of nitro benzene ring substituents is 1. The van der Waals surface area contributed by atoms with Gasteiger partial charge in [-0.1, -0.05) is 24.3 Å². The molecule has 0 bridgehead atoms. The second-order valence-electron chi connectivity index (χ2n) is 5.48. The van der Waals surface area contributed by atoms with E-state index in [0.29, 0.717) is 6.54 Å². The Hall–Kier alpha value is -2.80. The molecule has 24 heavy (non-hydrogen) atoms. The number of para-hydroxylation sites is 2. The fraction of sp³-hybridized carbons (Fsp3) is 0.235. The maximum absolute atomic E-state index is 13.2. The van der Waals surface area contributed by atoms with E-state index in [2.05, 4.69) is 5.32 Å². The first-order valence-corrected chi connectivity index (χ1v) is 7.37. The molecule has 0 saturated heterocycles. The molecule has 0 aromatic heterocycles. The number of hydrogen-bond donors (Lipinski definition) is 1. The Morgan fingerprint density at radius 1 is 1.29 bits per heavy atom. The van der Waals surface area contributed by atoms with Crippen molar-refractivity contribution in [1.82, 2.24) is 4.90 Å². The molecule has 0 aliphatic heterocycles. The lowest BCUT2D eigenvalue weighted by molar-refractivity contribution is -0.383. The molecule has 0 saturated carbocycles. The fourth-order valence-corrected chi connectivity index (χ4v) is 2.24. The third-order valence-corrected chi connectivity index (χ3v) is 3.72. The maximum atomic E-state index is 13.2. The van der Waals surface area contributed by atoms with E-state index in [4.69, 9.17) is 0 Å². The van der Waals surface area contributed by atoms with Gasteiger partial charge < -0.3 is 5.32 Å². The van der Waals surface area contributed by atoms with E-state index in [1.165, 1.54) is 30.3 Å². The molecule has 126 valence electrons. The summed E-state index contributed by atoms with van der Waals surface area (Å²) < 4.78 is 13.2. The molecule has 1 amide bonds. The molecule has 2 rings (SSSR count). The van der Waals surface area contributed by atoms with Crippen LogP contribution in [-0.4, -0.2) is 28.8 Å². The Morgan fingerprint density at radius 3 is 2.67 bits per heavy atom. The zero-order valence-corrected chi connectivity index (χ0v) is 13.4. The minimum absolute atomic E-state index is 0.151. The average molecular weight is 331 g/mol. The highest BCUT2D eigenvalue weighted by Gasteiger charge is 2.21. The SMILES string of the molecule is CC(C(=O)Nc1ccccc1[N+](=O)[O-])N(C)Cc1cccc(F)c1. The normalized spacial score (nSPS) is 12.0. The van der Waals surface area contributed by atoms with E-state index in [1.54, 1.807) is 37.1 Å². The van der Waals surface area contributed by atoms with Gasteiger partial charge in [-0.25, -0.2) is 4.39 Å². The highest BCUT2D eigenvalue weighted by atomic mass is 19.1. The number of anilines is 1. The summed E-state index contributed by atoms with van der Waals surface area (Å²) in [5, 5.41) is 13.6. The van der Waals surface area contributed by atoms with Crippen LogP contribution in [-0.2, 0) is 11.3 Å². The molecule has 0 spiro atoms. The predicted octanol–water partition coefficient (Wildman–Crippen LogP) is 3.19. The number of nitro groups is 1. The van der Waals surface area contributed by atoms with E-state index in [0.717, 1.165) is 5.56 Å². The van der Waals surface area contributed by atoms with Gasteiger partial charge in [-0.15, -0.1) is 0 Å². The Bertz CT molecular complexity index is 751. The monoisotopic (exact) mass is 331 g/mol.